The quantitative estimate of drug-likeness (QED) is 0.373. The standard InChI is InChI=1S/C24H35NO4/c1-2-3-4-7-14-27-23(26)29-17-28-19-10-9-18-15-22-20-8-5-6-11-24(20,12-13-25-22)21(18)16-19/h9-10,16,20,22,25H,2-8,11-15,17H2,1H3/t20-,22+,24+/m0/s1. The molecule has 0 radical (unpaired) electrons. The molecule has 1 heterocycles. The molecule has 5 heteroatoms. The molecule has 1 saturated heterocycles. The molecule has 4 rings (SSSR count). The lowest BCUT2D eigenvalue weighted by atomic mass is 9.53. The van der Waals surface area contributed by atoms with Crippen LogP contribution in [0.5, 0.6) is 5.75 Å². The van der Waals surface area contributed by atoms with Gasteiger partial charge in [0.1, 0.15) is 5.75 Å². The number of ether oxygens (including phenoxy) is 3. The number of benzene rings is 1. The number of rotatable bonds is 8. The van der Waals surface area contributed by atoms with Crippen molar-refractivity contribution in [3.63, 3.8) is 0 Å². The van der Waals surface area contributed by atoms with Crippen molar-refractivity contribution < 1.29 is 19.0 Å². The lowest BCUT2D eigenvalue weighted by Crippen LogP contribution is -2.59. The second kappa shape index (κ2) is 9.38. The van der Waals surface area contributed by atoms with Crippen LogP contribution in [0.25, 0.3) is 0 Å². The number of piperidine rings is 1. The Morgan fingerprint density at radius 2 is 2.10 bits per heavy atom. The van der Waals surface area contributed by atoms with Gasteiger partial charge in [-0.05, 0) is 67.8 Å². The number of nitrogens with one attached hydrogen (secondary N) is 1. The van der Waals surface area contributed by atoms with Crippen LogP contribution < -0.4 is 10.1 Å². The highest BCUT2D eigenvalue weighted by Crippen LogP contribution is 2.54. The summed E-state index contributed by atoms with van der Waals surface area (Å²) in [5, 5.41) is 3.77. The maximum absolute atomic E-state index is 11.7. The fourth-order valence-electron chi connectivity index (χ4n) is 5.86. The third-order valence-corrected chi connectivity index (χ3v) is 7.24. The number of carbonyl (C=O) groups is 1. The molecule has 29 heavy (non-hydrogen) atoms. The highest BCUT2D eigenvalue weighted by atomic mass is 16.8. The Hall–Kier alpha value is -1.75. The lowest BCUT2D eigenvalue weighted by molar-refractivity contribution is 0.00382. The van der Waals surface area contributed by atoms with Gasteiger partial charge in [0.2, 0.25) is 6.79 Å². The van der Waals surface area contributed by atoms with E-state index in [1.807, 2.05) is 6.07 Å². The van der Waals surface area contributed by atoms with E-state index in [1.54, 1.807) is 0 Å². The van der Waals surface area contributed by atoms with Gasteiger partial charge in [0.15, 0.2) is 0 Å². The summed E-state index contributed by atoms with van der Waals surface area (Å²) in [7, 11) is 0. The SMILES string of the molecule is CCCCCCOC(=O)OCOc1ccc2c(c1)[C@@]13CCCC[C@H]1[C@@H](C2)NCC3. The topological polar surface area (TPSA) is 56.8 Å². The van der Waals surface area contributed by atoms with Crippen molar-refractivity contribution in [2.45, 2.75) is 82.6 Å². The maximum atomic E-state index is 11.7. The van der Waals surface area contributed by atoms with Crippen LogP contribution in [0.4, 0.5) is 4.79 Å². The highest BCUT2D eigenvalue weighted by molar-refractivity contribution is 5.59. The van der Waals surface area contributed by atoms with E-state index in [-0.39, 0.29) is 6.79 Å². The molecule has 2 bridgehead atoms. The minimum atomic E-state index is -0.647. The van der Waals surface area contributed by atoms with E-state index in [0.717, 1.165) is 43.9 Å². The normalized spacial score (nSPS) is 27.5. The van der Waals surface area contributed by atoms with Gasteiger partial charge in [0.25, 0.3) is 0 Å². The molecular formula is C24H35NO4. The van der Waals surface area contributed by atoms with Gasteiger partial charge in [0.05, 0.1) is 6.61 Å². The monoisotopic (exact) mass is 401 g/mol. The summed E-state index contributed by atoms with van der Waals surface area (Å²) in [6.45, 7) is 3.58. The predicted molar refractivity (Wildman–Crippen MR) is 112 cm³/mol. The molecule has 1 aliphatic heterocycles. The Morgan fingerprint density at radius 1 is 1.17 bits per heavy atom. The molecule has 1 saturated carbocycles. The van der Waals surface area contributed by atoms with Crippen molar-refractivity contribution in [3.05, 3.63) is 29.3 Å². The molecule has 0 spiro atoms. The summed E-state index contributed by atoms with van der Waals surface area (Å²) >= 11 is 0. The summed E-state index contributed by atoms with van der Waals surface area (Å²) in [6.07, 6.45) is 11.3. The first-order chi connectivity index (χ1) is 14.2. The third kappa shape index (κ3) is 4.40. The van der Waals surface area contributed by atoms with Crippen molar-refractivity contribution >= 4 is 6.16 Å². The summed E-state index contributed by atoms with van der Waals surface area (Å²) in [5.41, 5.74) is 3.25. The first-order valence-electron chi connectivity index (χ1n) is 11.5. The molecule has 2 aliphatic carbocycles. The number of carbonyl (C=O) groups excluding carboxylic acids is 1. The number of hydrogen-bond acceptors (Lipinski definition) is 5. The van der Waals surface area contributed by atoms with Gasteiger partial charge in [-0.15, -0.1) is 0 Å². The van der Waals surface area contributed by atoms with Crippen LogP contribution in [0.1, 0.15) is 75.8 Å². The largest absolute Gasteiger partial charge is 0.511 e. The Kier molecular flexibility index (Phi) is 6.63. The van der Waals surface area contributed by atoms with Crippen LogP contribution in [-0.2, 0) is 21.3 Å². The van der Waals surface area contributed by atoms with Crippen molar-refractivity contribution in [2.75, 3.05) is 19.9 Å². The summed E-state index contributed by atoms with van der Waals surface area (Å²) in [6, 6.07) is 7.06. The lowest BCUT2D eigenvalue weighted by Gasteiger charge is -2.56. The van der Waals surface area contributed by atoms with Crippen LogP contribution in [0, 0.1) is 5.92 Å². The van der Waals surface area contributed by atoms with Gasteiger partial charge in [-0.3, -0.25) is 0 Å². The van der Waals surface area contributed by atoms with E-state index >= 15 is 0 Å². The van der Waals surface area contributed by atoms with Crippen molar-refractivity contribution in [1.82, 2.24) is 5.32 Å². The minimum absolute atomic E-state index is 0.104. The Bertz CT molecular complexity index is 702. The smallest absolute Gasteiger partial charge is 0.457 e. The number of hydrogen-bond donors (Lipinski definition) is 1. The van der Waals surface area contributed by atoms with Crippen LogP contribution in [0.3, 0.4) is 0 Å². The number of fused-ring (bicyclic) bond motifs is 1. The summed E-state index contributed by atoms with van der Waals surface area (Å²) < 4.78 is 15.9. The molecule has 0 aromatic heterocycles. The van der Waals surface area contributed by atoms with Crippen molar-refractivity contribution in [2.24, 2.45) is 5.92 Å². The molecule has 0 unspecified atom stereocenters. The first kappa shape index (κ1) is 20.5. The van der Waals surface area contributed by atoms with Crippen LogP contribution in [0.15, 0.2) is 18.2 Å². The molecule has 160 valence electrons. The molecule has 5 nitrogen and oxygen atoms in total. The molecule has 2 fully saturated rings. The Balaban J connectivity index is 1.34. The first-order valence-corrected chi connectivity index (χ1v) is 11.5. The zero-order chi connectivity index (χ0) is 20.1. The molecule has 0 amide bonds. The molecule has 1 N–H and O–H groups in total. The van der Waals surface area contributed by atoms with Gasteiger partial charge in [0, 0.05) is 11.5 Å². The second-order valence-electron chi connectivity index (χ2n) is 8.91. The zero-order valence-corrected chi connectivity index (χ0v) is 17.7. The van der Waals surface area contributed by atoms with E-state index in [0.29, 0.717) is 18.1 Å². The van der Waals surface area contributed by atoms with E-state index < -0.39 is 6.16 Å². The molecule has 1 aromatic rings. The molecule has 3 aliphatic rings. The van der Waals surface area contributed by atoms with Gasteiger partial charge in [-0.1, -0.05) is 45.1 Å². The van der Waals surface area contributed by atoms with Gasteiger partial charge in [-0.2, -0.15) is 0 Å². The number of unbranched alkanes of at least 4 members (excludes halogenated alkanes) is 3. The van der Waals surface area contributed by atoms with Gasteiger partial charge in [-0.25, -0.2) is 4.79 Å². The van der Waals surface area contributed by atoms with Crippen molar-refractivity contribution in [3.8, 4) is 5.75 Å². The van der Waals surface area contributed by atoms with Crippen LogP contribution >= 0.6 is 0 Å². The van der Waals surface area contributed by atoms with E-state index in [9.17, 15) is 4.79 Å². The fraction of sp³-hybridized carbons (Fsp3) is 0.708. The summed E-state index contributed by atoms with van der Waals surface area (Å²) in [4.78, 5) is 11.7. The molecular weight excluding hydrogens is 366 g/mol. The zero-order valence-electron chi connectivity index (χ0n) is 17.7. The maximum Gasteiger partial charge on any atom is 0.511 e. The molecule has 3 atom stereocenters. The second-order valence-corrected chi connectivity index (χ2v) is 8.91. The average molecular weight is 402 g/mol. The van der Waals surface area contributed by atoms with Crippen LogP contribution in [0.2, 0.25) is 0 Å². The van der Waals surface area contributed by atoms with Gasteiger partial charge >= 0.3 is 6.16 Å². The van der Waals surface area contributed by atoms with Crippen molar-refractivity contribution in [1.29, 1.82) is 0 Å². The highest BCUT2D eigenvalue weighted by Gasteiger charge is 2.51. The fourth-order valence-corrected chi connectivity index (χ4v) is 5.86. The average Bonchev–Trinajstić information content (AvgIpc) is 2.74. The summed E-state index contributed by atoms with van der Waals surface area (Å²) in [5.74, 6) is 1.53. The Labute approximate surface area is 174 Å². The van der Waals surface area contributed by atoms with Gasteiger partial charge < -0.3 is 19.5 Å². The van der Waals surface area contributed by atoms with E-state index in [4.69, 9.17) is 14.2 Å². The Morgan fingerprint density at radius 3 is 3.00 bits per heavy atom. The minimum Gasteiger partial charge on any atom is -0.457 e. The van der Waals surface area contributed by atoms with Crippen LogP contribution in [-0.4, -0.2) is 32.1 Å². The predicted octanol–water partition coefficient (Wildman–Crippen LogP) is 5.10. The van der Waals surface area contributed by atoms with E-state index in [2.05, 4.69) is 24.4 Å². The van der Waals surface area contributed by atoms with E-state index in [1.165, 1.54) is 49.7 Å². The third-order valence-electron chi connectivity index (χ3n) is 7.24. The molecule has 1 aromatic carbocycles.